The molecule has 0 atom stereocenters. The smallest absolute Gasteiger partial charge is 0.224 e. The number of aromatic nitrogens is 1. The zero-order valence-electron chi connectivity index (χ0n) is 16.6. The number of ether oxygens (including phenoxy) is 3. The molecule has 0 spiro atoms. The van der Waals surface area contributed by atoms with Gasteiger partial charge in [0.1, 0.15) is 18.1 Å². The van der Waals surface area contributed by atoms with Crippen LogP contribution in [-0.2, 0) is 24.4 Å². The highest BCUT2D eigenvalue weighted by molar-refractivity contribution is 5.79. The van der Waals surface area contributed by atoms with E-state index in [1.54, 1.807) is 38.6 Å². The molecule has 1 N–H and O–H groups in total. The molecule has 3 rings (SSSR count). The van der Waals surface area contributed by atoms with Crippen LogP contribution in [0, 0.1) is 0 Å². The maximum atomic E-state index is 12.4. The molecule has 2 aromatic carbocycles. The molecule has 1 aromatic heterocycles. The predicted molar refractivity (Wildman–Crippen MR) is 110 cm³/mol. The van der Waals surface area contributed by atoms with Gasteiger partial charge >= 0.3 is 0 Å². The Kier molecular flexibility index (Phi) is 7.05. The van der Waals surface area contributed by atoms with Crippen LogP contribution in [0.1, 0.15) is 16.7 Å². The van der Waals surface area contributed by atoms with Crippen molar-refractivity contribution in [3.05, 3.63) is 83.6 Å². The Morgan fingerprint density at radius 1 is 0.966 bits per heavy atom. The van der Waals surface area contributed by atoms with Crippen molar-refractivity contribution in [2.24, 2.45) is 0 Å². The van der Waals surface area contributed by atoms with E-state index in [0.717, 1.165) is 16.7 Å². The average Bonchev–Trinajstić information content (AvgIpc) is 2.77. The van der Waals surface area contributed by atoms with E-state index < -0.39 is 0 Å². The number of hydrogen-bond acceptors (Lipinski definition) is 5. The van der Waals surface area contributed by atoms with Crippen LogP contribution in [-0.4, -0.2) is 25.1 Å². The average molecular weight is 392 g/mol. The molecule has 0 fully saturated rings. The Hall–Kier alpha value is -3.54. The zero-order valence-corrected chi connectivity index (χ0v) is 16.6. The van der Waals surface area contributed by atoms with Gasteiger partial charge in [0.25, 0.3) is 0 Å². The highest BCUT2D eigenvalue weighted by Gasteiger charge is 2.10. The molecule has 1 heterocycles. The third-order valence-electron chi connectivity index (χ3n) is 4.36. The lowest BCUT2D eigenvalue weighted by Gasteiger charge is -2.11. The maximum Gasteiger partial charge on any atom is 0.224 e. The number of methoxy groups -OCH3 is 2. The van der Waals surface area contributed by atoms with Gasteiger partial charge in [-0.15, -0.1) is 0 Å². The number of carbonyl (C=O) groups excluding carboxylic acids is 1. The number of carbonyl (C=O) groups is 1. The number of rotatable bonds is 9. The Bertz CT molecular complexity index is 945. The van der Waals surface area contributed by atoms with Gasteiger partial charge in [0, 0.05) is 24.4 Å². The van der Waals surface area contributed by atoms with Crippen LogP contribution in [0.5, 0.6) is 17.4 Å². The molecule has 0 aliphatic heterocycles. The molecular weight excluding hydrogens is 368 g/mol. The maximum absolute atomic E-state index is 12.4. The van der Waals surface area contributed by atoms with Crippen LogP contribution in [0.3, 0.4) is 0 Å². The van der Waals surface area contributed by atoms with Crippen LogP contribution < -0.4 is 19.5 Å². The van der Waals surface area contributed by atoms with Crippen molar-refractivity contribution in [2.45, 2.75) is 19.6 Å². The van der Waals surface area contributed by atoms with Crippen LogP contribution in [0.25, 0.3) is 0 Å². The fourth-order valence-electron chi connectivity index (χ4n) is 2.83. The number of nitrogens with zero attached hydrogens (tertiary/aromatic N) is 1. The van der Waals surface area contributed by atoms with Crippen LogP contribution in [0.15, 0.2) is 66.9 Å². The fourth-order valence-corrected chi connectivity index (χ4v) is 2.83. The second-order valence-electron chi connectivity index (χ2n) is 6.41. The molecule has 0 unspecified atom stereocenters. The minimum atomic E-state index is -0.111. The quantitative estimate of drug-likeness (QED) is 0.603. The highest BCUT2D eigenvalue weighted by Crippen LogP contribution is 2.24. The lowest BCUT2D eigenvalue weighted by Crippen LogP contribution is -2.24. The van der Waals surface area contributed by atoms with E-state index in [4.69, 9.17) is 14.2 Å². The first-order valence-corrected chi connectivity index (χ1v) is 9.27. The summed E-state index contributed by atoms with van der Waals surface area (Å²) in [5.74, 6) is 1.75. The van der Waals surface area contributed by atoms with Crippen molar-refractivity contribution in [1.82, 2.24) is 10.3 Å². The normalized spacial score (nSPS) is 10.3. The molecule has 3 aromatic rings. The molecule has 0 radical (unpaired) electrons. The second kappa shape index (κ2) is 10.1. The summed E-state index contributed by atoms with van der Waals surface area (Å²) in [6.07, 6.45) is 1.87. The largest absolute Gasteiger partial charge is 0.497 e. The molecule has 0 saturated carbocycles. The lowest BCUT2D eigenvalue weighted by molar-refractivity contribution is -0.120. The minimum absolute atomic E-state index is 0.111. The van der Waals surface area contributed by atoms with Crippen molar-refractivity contribution < 1.29 is 19.0 Å². The molecule has 1 amide bonds. The van der Waals surface area contributed by atoms with Gasteiger partial charge in [-0.3, -0.25) is 4.79 Å². The van der Waals surface area contributed by atoms with Gasteiger partial charge in [-0.25, -0.2) is 4.98 Å². The van der Waals surface area contributed by atoms with E-state index in [1.165, 1.54) is 0 Å². The first kappa shape index (κ1) is 20.2. The standard InChI is InChI=1S/C23H24N2O4/c1-27-20-8-9-21(28-2)19(13-20)14-22(26)25-15-18-10-11-24-23(12-18)29-16-17-6-4-3-5-7-17/h3-13H,14-16H2,1-2H3,(H,25,26). The Morgan fingerprint density at radius 3 is 2.55 bits per heavy atom. The Balaban J connectivity index is 1.55. The molecule has 29 heavy (non-hydrogen) atoms. The first-order valence-electron chi connectivity index (χ1n) is 9.27. The third-order valence-corrected chi connectivity index (χ3v) is 4.36. The predicted octanol–water partition coefficient (Wildman–Crippen LogP) is 3.54. The Labute approximate surface area is 170 Å². The topological polar surface area (TPSA) is 69.7 Å². The monoisotopic (exact) mass is 392 g/mol. The van der Waals surface area contributed by atoms with Crippen molar-refractivity contribution in [2.75, 3.05) is 14.2 Å². The summed E-state index contributed by atoms with van der Waals surface area (Å²) >= 11 is 0. The highest BCUT2D eigenvalue weighted by atomic mass is 16.5. The Morgan fingerprint density at radius 2 is 1.79 bits per heavy atom. The molecule has 0 saturated heterocycles. The fraction of sp³-hybridized carbons (Fsp3) is 0.217. The molecule has 0 bridgehead atoms. The van der Waals surface area contributed by atoms with E-state index in [1.807, 2.05) is 42.5 Å². The van der Waals surface area contributed by atoms with Crippen molar-refractivity contribution in [3.8, 4) is 17.4 Å². The minimum Gasteiger partial charge on any atom is -0.497 e. The van der Waals surface area contributed by atoms with Gasteiger partial charge in [0.15, 0.2) is 0 Å². The van der Waals surface area contributed by atoms with E-state index in [2.05, 4.69) is 10.3 Å². The lowest BCUT2D eigenvalue weighted by atomic mass is 10.1. The molecule has 0 aliphatic carbocycles. The van der Waals surface area contributed by atoms with E-state index in [-0.39, 0.29) is 12.3 Å². The van der Waals surface area contributed by atoms with Crippen molar-refractivity contribution in [3.63, 3.8) is 0 Å². The molecule has 6 nitrogen and oxygen atoms in total. The SMILES string of the molecule is COc1ccc(OC)c(CC(=O)NCc2ccnc(OCc3ccccc3)c2)c1. The summed E-state index contributed by atoms with van der Waals surface area (Å²) in [4.78, 5) is 16.6. The van der Waals surface area contributed by atoms with Gasteiger partial charge in [0.2, 0.25) is 11.8 Å². The van der Waals surface area contributed by atoms with E-state index >= 15 is 0 Å². The summed E-state index contributed by atoms with van der Waals surface area (Å²) in [5.41, 5.74) is 2.75. The number of pyridine rings is 1. The second-order valence-corrected chi connectivity index (χ2v) is 6.41. The number of nitrogens with one attached hydrogen (secondary N) is 1. The summed E-state index contributed by atoms with van der Waals surface area (Å²) in [6.45, 7) is 0.828. The first-order chi connectivity index (χ1) is 14.2. The third kappa shape index (κ3) is 5.97. The number of amides is 1. The van der Waals surface area contributed by atoms with Gasteiger partial charge in [-0.05, 0) is 35.4 Å². The molecule has 6 heteroatoms. The summed E-state index contributed by atoms with van der Waals surface area (Å²) in [7, 11) is 3.17. The summed E-state index contributed by atoms with van der Waals surface area (Å²) in [5, 5.41) is 2.92. The van der Waals surface area contributed by atoms with Crippen LogP contribution >= 0.6 is 0 Å². The van der Waals surface area contributed by atoms with Gasteiger partial charge in [0.05, 0.1) is 20.6 Å². The van der Waals surface area contributed by atoms with Crippen molar-refractivity contribution in [1.29, 1.82) is 0 Å². The van der Waals surface area contributed by atoms with Crippen molar-refractivity contribution >= 4 is 5.91 Å². The summed E-state index contributed by atoms with van der Waals surface area (Å²) < 4.78 is 16.3. The molecule has 0 aliphatic rings. The van der Waals surface area contributed by atoms with Crippen LogP contribution in [0.4, 0.5) is 0 Å². The van der Waals surface area contributed by atoms with E-state index in [9.17, 15) is 4.79 Å². The number of hydrogen-bond donors (Lipinski definition) is 1. The van der Waals surface area contributed by atoms with Gasteiger partial charge in [-0.1, -0.05) is 30.3 Å². The van der Waals surface area contributed by atoms with Gasteiger partial charge < -0.3 is 19.5 Å². The number of benzene rings is 2. The van der Waals surface area contributed by atoms with E-state index in [0.29, 0.717) is 30.5 Å². The molecule has 150 valence electrons. The summed E-state index contributed by atoms with van der Waals surface area (Å²) in [6, 6.07) is 19.0. The zero-order chi connectivity index (χ0) is 20.5. The van der Waals surface area contributed by atoms with Gasteiger partial charge in [-0.2, -0.15) is 0 Å². The molecular formula is C23H24N2O4. The van der Waals surface area contributed by atoms with Crippen LogP contribution in [0.2, 0.25) is 0 Å².